The Balaban J connectivity index is 1.83. The fourth-order valence-electron chi connectivity index (χ4n) is 2.53. The second-order valence-corrected chi connectivity index (χ2v) is 7.70. The molecule has 5 N–H and O–H groups in total. The fourth-order valence-corrected chi connectivity index (χ4v) is 2.53. The molecule has 0 saturated heterocycles. The van der Waals surface area contributed by atoms with Gasteiger partial charge < -0.3 is 20.5 Å². The number of H-pyrrole nitrogens is 2. The number of hydrogen-bond acceptors (Lipinski definition) is 8. The minimum Gasteiger partial charge on any atom is -0.493 e. The van der Waals surface area contributed by atoms with Crippen molar-refractivity contribution in [2.45, 2.75) is 32.7 Å². The van der Waals surface area contributed by atoms with Crippen LogP contribution < -0.4 is 21.8 Å². The van der Waals surface area contributed by atoms with Crippen molar-refractivity contribution in [3.63, 3.8) is 0 Å². The molecule has 0 bridgehead atoms. The van der Waals surface area contributed by atoms with E-state index in [9.17, 15) is 15.0 Å². The smallest absolute Gasteiger partial charge is 0.326 e. The molecule has 1 saturated carbocycles. The van der Waals surface area contributed by atoms with E-state index in [0.29, 0.717) is 29.0 Å². The standard InChI is InChI=1S/C17H22N8O3/c1-17(2,8-26)7-18-14-22-12-9(5-11-13(27)23-16(28)21-11)6-19-25(12)15(24-14)20-10-3-4-10/h5-6,10,26-27H,3-4,7-8H2,1-2H3,(H,18,20,24)(H2,21,23,28). The number of fused-ring (bicyclic) bond motifs is 1. The summed E-state index contributed by atoms with van der Waals surface area (Å²) in [7, 11) is 0. The third kappa shape index (κ3) is 3.74. The summed E-state index contributed by atoms with van der Waals surface area (Å²) in [5.41, 5.74) is 0.306. The van der Waals surface area contributed by atoms with Gasteiger partial charge in [-0.1, -0.05) is 13.8 Å². The van der Waals surface area contributed by atoms with Gasteiger partial charge in [-0.25, -0.2) is 9.79 Å². The molecule has 3 heterocycles. The summed E-state index contributed by atoms with van der Waals surface area (Å²) in [6.07, 6.45) is 5.18. The van der Waals surface area contributed by atoms with Gasteiger partial charge in [-0.2, -0.15) is 19.6 Å². The maximum absolute atomic E-state index is 11.4. The summed E-state index contributed by atoms with van der Waals surface area (Å²) in [5.74, 6) is 0.111. The number of aromatic amines is 2. The summed E-state index contributed by atoms with van der Waals surface area (Å²) in [4.78, 5) is 29.7. The number of aliphatic hydroxyl groups is 1. The molecule has 4 rings (SSSR count). The number of rotatable bonds is 6. The zero-order valence-corrected chi connectivity index (χ0v) is 15.6. The fraction of sp³-hybridized carbons (Fsp3) is 0.471. The number of aromatic hydroxyl groups is 1. The number of nitrogens with zero attached hydrogens (tertiary/aromatic N) is 5. The molecule has 0 aromatic carbocycles. The Morgan fingerprint density at radius 1 is 1.39 bits per heavy atom. The zero-order chi connectivity index (χ0) is 19.9. The lowest BCUT2D eigenvalue weighted by Crippen LogP contribution is -2.30. The minimum atomic E-state index is -0.507. The molecule has 0 atom stereocenters. The first-order valence-corrected chi connectivity index (χ1v) is 9.02. The summed E-state index contributed by atoms with van der Waals surface area (Å²) < 4.78 is 1.54. The SMILES string of the molecule is CC(C)(CO)CNc1nc(=NC2CC2)n2ncc(=Cc3[nH]c(=O)[nH]c3O)c2n1. The first-order chi connectivity index (χ1) is 13.3. The van der Waals surface area contributed by atoms with E-state index >= 15 is 0 Å². The molecule has 11 heteroatoms. The lowest BCUT2D eigenvalue weighted by Gasteiger charge is -2.21. The van der Waals surface area contributed by atoms with Crippen molar-refractivity contribution >= 4 is 17.7 Å². The van der Waals surface area contributed by atoms with E-state index in [1.807, 2.05) is 13.8 Å². The van der Waals surface area contributed by atoms with E-state index in [4.69, 9.17) is 0 Å². The van der Waals surface area contributed by atoms with E-state index in [1.165, 1.54) is 4.52 Å². The average molecular weight is 386 g/mol. The monoisotopic (exact) mass is 386 g/mol. The number of nitrogens with one attached hydrogen (secondary N) is 3. The normalized spacial score (nSPS) is 16.2. The van der Waals surface area contributed by atoms with Crippen LogP contribution in [0, 0.1) is 5.41 Å². The molecule has 0 radical (unpaired) electrons. The molecule has 0 amide bonds. The second-order valence-electron chi connectivity index (χ2n) is 7.70. The van der Waals surface area contributed by atoms with E-state index in [1.54, 1.807) is 12.3 Å². The lowest BCUT2D eigenvalue weighted by atomic mass is 9.95. The zero-order valence-electron chi connectivity index (χ0n) is 15.6. The van der Waals surface area contributed by atoms with Gasteiger partial charge in [0, 0.05) is 23.8 Å². The van der Waals surface area contributed by atoms with Gasteiger partial charge in [0.15, 0.2) is 5.65 Å². The highest BCUT2D eigenvalue weighted by molar-refractivity contribution is 5.57. The van der Waals surface area contributed by atoms with Gasteiger partial charge in [-0.3, -0.25) is 4.98 Å². The van der Waals surface area contributed by atoms with Crippen LogP contribution in [0.3, 0.4) is 0 Å². The molecule has 0 aliphatic heterocycles. The molecular weight excluding hydrogens is 364 g/mol. The van der Waals surface area contributed by atoms with Crippen molar-refractivity contribution in [2.75, 3.05) is 18.5 Å². The summed E-state index contributed by atoms with van der Waals surface area (Å²) in [6, 6.07) is 0.238. The first-order valence-electron chi connectivity index (χ1n) is 9.02. The average Bonchev–Trinajstić information content (AvgIpc) is 3.29. The van der Waals surface area contributed by atoms with Gasteiger partial charge in [0.2, 0.25) is 11.8 Å². The molecule has 11 nitrogen and oxygen atoms in total. The molecule has 1 aliphatic rings. The van der Waals surface area contributed by atoms with Gasteiger partial charge in [0.25, 0.3) is 5.62 Å². The van der Waals surface area contributed by atoms with Crippen LogP contribution >= 0.6 is 0 Å². The van der Waals surface area contributed by atoms with E-state index in [-0.39, 0.29) is 29.6 Å². The molecule has 0 spiro atoms. The van der Waals surface area contributed by atoms with Crippen molar-refractivity contribution < 1.29 is 10.2 Å². The van der Waals surface area contributed by atoms with Gasteiger partial charge >= 0.3 is 5.69 Å². The van der Waals surface area contributed by atoms with Crippen LogP contribution in [0.2, 0.25) is 0 Å². The Hall–Kier alpha value is -3.21. The Labute approximate surface area is 158 Å². The van der Waals surface area contributed by atoms with Crippen molar-refractivity contribution in [1.29, 1.82) is 0 Å². The van der Waals surface area contributed by atoms with Crippen LogP contribution in [0.15, 0.2) is 16.0 Å². The Kier molecular flexibility index (Phi) is 4.38. The van der Waals surface area contributed by atoms with Crippen molar-refractivity contribution in [1.82, 2.24) is 29.5 Å². The van der Waals surface area contributed by atoms with Crippen LogP contribution in [0.5, 0.6) is 5.88 Å². The number of imidazole rings is 1. The Morgan fingerprint density at radius 3 is 2.82 bits per heavy atom. The second kappa shape index (κ2) is 6.75. The van der Waals surface area contributed by atoms with Gasteiger partial charge in [-0.05, 0) is 18.9 Å². The molecule has 3 aromatic rings. The molecule has 148 valence electrons. The number of aliphatic hydroxyl groups excluding tert-OH is 1. The third-order valence-corrected chi connectivity index (χ3v) is 4.41. The number of aromatic nitrogens is 6. The van der Waals surface area contributed by atoms with Gasteiger partial charge in [-0.15, -0.1) is 0 Å². The highest BCUT2D eigenvalue weighted by Gasteiger charge is 2.21. The highest BCUT2D eigenvalue weighted by atomic mass is 16.3. The largest absolute Gasteiger partial charge is 0.493 e. The number of hydrogen-bond donors (Lipinski definition) is 5. The maximum atomic E-state index is 11.4. The minimum absolute atomic E-state index is 0.0212. The molecule has 0 unspecified atom stereocenters. The van der Waals surface area contributed by atoms with E-state index < -0.39 is 5.69 Å². The maximum Gasteiger partial charge on any atom is 0.326 e. The Bertz CT molecular complexity index is 1190. The molecule has 1 aliphatic carbocycles. The van der Waals surface area contributed by atoms with Gasteiger partial charge in [0.1, 0.15) is 5.69 Å². The Morgan fingerprint density at radius 2 is 2.18 bits per heavy atom. The molecule has 3 aromatic heterocycles. The molecular formula is C17H22N8O3. The summed E-state index contributed by atoms with van der Waals surface area (Å²) in [5, 5.41) is 27.3. The quantitative estimate of drug-likeness (QED) is 0.359. The topological polar surface area (TPSA) is 157 Å². The first kappa shape index (κ1) is 18.2. The third-order valence-electron chi connectivity index (χ3n) is 4.41. The predicted molar refractivity (Wildman–Crippen MR) is 101 cm³/mol. The predicted octanol–water partition coefficient (Wildman–Crippen LogP) is -1.11. The summed E-state index contributed by atoms with van der Waals surface area (Å²) in [6.45, 7) is 4.35. The van der Waals surface area contributed by atoms with E-state index in [0.717, 1.165) is 12.8 Å². The van der Waals surface area contributed by atoms with Crippen LogP contribution in [0.25, 0.3) is 11.7 Å². The van der Waals surface area contributed by atoms with Crippen LogP contribution in [-0.2, 0) is 0 Å². The van der Waals surface area contributed by atoms with Crippen LogP contribution in [-0.4, -0.2) is 59.0 Å². The molecule has 28 heavy (non-hydrogen) atoms. The van der Waals surface area contributed by atoms with Crippen molar-refractivity contribution in [2.24, 2.45) is 10.4 Å². The van der Waals surface area contributed by atoms with Crippen molar-refractivity contribution in [3.8, 4) is 5.88 Å². The van der Waals surface area contributed by atoms with E-state index in [2.05, 4.69) is 35.3 Å². The van der Waals surface area contributed by atoms with Crippen LogP contribution in [0.4, 0.5) is 5.95 Å². The van der Waals surface area contributed by atoms with Crippen molar-refractivity contribution in [3.05, 3.63) is 33.2 Å². The van der Waals surface area contributed by atoms with Crippen LogP contribution in [0.1, 0.15) is 32.4 Å². The highest BCUT2D eigenvalue weighted by Crippen LogP contribution is 2.22. The lowest BCUT2D eigenvalue weighted by molar-refractivity contribution is 0.170. The summed E-state index contributed by atoms with van der Waals surface area (Å²) >= 11 is 0. The molecule has 1 fully saturated rings. The van der Waals surface area contributed by atoms with Gasteiger partial charge in [0.05, 0.1) is 12.2 Å². The number of anilines is 1.